The molecule has 2 amide bonds. The van der Waals surface area contributed by atoms with Gasteiger partial charge >= 0.3 is 0 Å². The Labute approximate surface area is 202 Å². The van der Waals surface area contributed by atoms with Gasteiger partial charge < -0.3 is 20.2 Å². The third-order valence-electron chi connectivity index (χ3n) is 8.37. The first-order valence-corrected chi connectivity index (χ1v) is 13.0. The summed E-state index contributed by atoms with van der Waals surface area (Å²) in [5.41, 5.74) is -0.946. The second kappa shape index (κ2) is 10.1. The van der Waals surface area contributed by atoms with E-state index in [0.29, 0.717) is 26.1 Å². The van der Waals surface area contributed by atoms with Crippen molar-refractivity contribution in [2.45, 2.75) is 88.0 Å². The number of nitrogens with one attached hydrogen (secondary N) is 1. The van der Waals surface area contributed by atoms with Gasteiger partial charge in [0.1, 0.15) is 12.1 Å². The minimum atomic E-state index is -0.946. The van der Waals surface area contributed by atoms with E-state index in [-0.39, 0.29) is 60.4 Å². The van der Waals surface area contributed by atoms with Crippen LogP contribution in [-0.4, -0.2) is 93.6 Å². The maximum atomic E-state index is 14.0. The van der Waals surface area contributed by atoms with E-state index in [0.717, 1.165) is 38.5 Å². The zero-order chi connectivity index (χ0) is 23.8. The van der Waals surface area contributed by atoms with Gasteiger partial charge in [0.25, 0.3) is 5.91 Å². The number of piperazine rings is 1. The van der Waals surface area contributed by atoms with Gasteiger partial charge in [-0.3, -0.25) is 14.5 Å². The number of hydrogen-bond donors (Lipinski definition) is 2. The number of aliphatic hydroxyl groups is 1. The molecule has 2 N–H and O–H groups in total. The highest BCUT2D eigenvalue weighted by molar-refractivity contribution is 6.20. The van der Waals surface area contributed by atoms with Gasteiger partial charge in [-0.05, 0) is 64.7 Å². The Kier molecular flexibility index (Phi) is 7.54. The van der Waals surface area contributed by atoms with Crippen molar-refractivity contribution in [2.75, 3.05) is 32.8 Å². The molecule has 3 saturated heterocycles. The lowest BCUT2D eigenvalue weighted by Crippen LogP contribution is -2.73. The van der Waals surface area contributed by atoms with Gasteiger partial charge in [0.15, 0.2) is 0 Å². The number of hydrogen-bond acceptors (Lipinski definition) is 6. The molecule has 1 saturated carbocycles. The van der Waals surface area contributed by atoms with E-state index in [2.05, 4.69) is 16.3 Å². The molecule has 1 aliphatic carbocycles. The van der Waals surface area contributed by atoms with Crippen molar-refractivity contribution in [1.29, 1.82) is 5.26 Å². The monoisotopic (exact) mass is 479 g/mol. The number of aliphatic hydroxyl groups excluding tert-OH is 1. The van der Waals surface area contributed by atoms with Crippen molar-refractivity contribution in [3.8, 4) is 6.07 Å². The Morgan fingerprint density at radius 3 is 2.52 bits per heavy atom. The Morgan fingerprint density at radius 1 is 1.21 bits per heavy atom. The zero-order valence-corrected chi connectivity index (χ0v) is 20.6. The van der Waals surface area contributed by atoms with Crippen LogP contribution in [0.4, 0.5) is 0 Å². The summed E-state index contributed by atoms with van der Waals surface area (Å²) in [6.45, 7) is 5.69. The highest BCUT2D eigenvalue weighted by Crippen LogP contribution is 2.41. The summed E-state index contributed by atoms with van der Waals surface area (Å²) < 4.78 is 0. The number of rotatable bonds is 5. The molecule has 0 aromatic carbocycles. The number of amides is 2. The molecule has 33 heavy (non-hydrogen) atoms. The van der Waals surface area contributed by atoms with Crippen molar-refractivity contribution in [2.24, 2.45) is 11.8 Å². The number of alkyl halides is 1. The molecule has 0 aromatic rings. The van der Waals surface area contributed by atoms with Crippen LogP contribution in [0, 0.1) is 23.2 Å². The molecule has 4 rings (SSSR count). The van der Waals surface area contributed by atoms with Gasteiger partial charge in [-0.25, -0.2) is 0 Å². The van der Waals surface area contributed by atoms with Crippen LogP contribution in [0.2, 0.25) is 0 Å². The van der Waals surface area contributed by atoms with Crippen molar-refractivity contribution < 1.29 is 14.7 Å². The lowest BCUT2D eigenvalue weighted by atomic mass is 9.79. The van der Waals surface area contributed by atoms with Crippen LogP contribution in [0.15, 0.2) is 0 Å². The van der Waals surface area contributed by atoms with Crippen LogP contribution in [0.1, 0.15) is 58.8 Å². The van der Waals surface area contributed by atoms with Gasteiger partial charge in [-0.1, -0.05) is 0 Å². The summed E-state index contributed by atoms with van der Waals surface area (Å²) in [5, 5.41) is 23.3. The summed E-state index contributed by atoms with van der Waals surface area (Å²) in [6, 6.07) is 1.92. The van der Waals surface area contributed by atoms with Crippen LogP contribution < -0.4 is 5.32 Å². The molecule has 0 bridgehead atoms. The molecule has 9 heteroatoms. The highest BCUT2D eigenvalue weighted by atomic mass is 35.5. The lowest BCUT2D eigenvalue weighted by molar-refractivity contribution is -0.173. The summed E-state index contributed by atoms with van der Waals surface area (Å²) in [6.07, 6.45) is 5.86. The first kappa shape index (κ1) is 24.7. The molecular formula is C24H38ClN5O3. The standard InChI is InChI=1S/C24H38ClN5O3/c1-16(2)29-13-22(32)30(20(14-31)18-4-6-19(25)7-5-18)24(23(29)33)9-10-28(15-24)21-8-3-17(11-26)12-27-21/h16-21,27,31H,3-10,12-15H2,1-2H3. The minimum absolute atomic E-state index is 0.00906. The largest absolute Gasteiger partial charge is 0.394 e. The fraction of sp³-hybridized carbons (Fsp3) is 0.875. The van der Waals surface area contributed by atoms with E-state index >= 15 is 0 Å². The van der Waals surface area contributed by atoms with E-state index in [1.165, 1.54) is 0 Å². The first-order chi connectivity index (χ1) is 15.8. The fourth-order valence-corrected chi connectivity index (χ4v) is 6.70. The van der Waals surface area contributed by atoms with E-state index in [4.69, 9.17) is 11.6 Å². The van der Waals surface area contributed by atoms with Crippen molar-refractivity contribution in [1.82, 2.24) is 20.0 Å². The topological polar surface area (TPSA) is 99.9 Å². The molecule has 1 spiro atoms. The number of halogens is 1. The summed E-state index contributed by atoms with van der Waals surface area (Å²) in [4.78, 5) is 33.4. The SMILES string of the molecule is CC(C)N1CC(=O)N(C(CO)C2CCC(Cl)CC2)C2(CCN(C3CCC(C#N)CN3)C2)C1=O. The summed E-state index contributed by atoms with van der Waals surface area (Å²) in [5.74, 6) is 0.134. The summed E-state index contributed by atoms with van der Waals surface area (Å²) in [7, 11) is 0. The second-order valence-corrected chi connectivity index (χ2v) is 11.2. The van der Waals surface area contributed by atoms with E-state index in [1.54, 1.807) is 9.80 Å². The fourth-order valence-electron chi connectivity index (χ4n) is 6.45. The van der Waals surface area contributed by atoms with E-state index in [9.17, 15) is 20.0 Å². The minimum Gasteiger partial charge on any atom is -0.394 e. The molecule has 0 aromatic heterocycles. The molecule has 3 heterocycles. The van der Waals surface area contributed by atoms with Crippen LogP contribution in [0.25, 0.3) is 0 Å². The number of carbonyl (C=O) groups excluding carboxylic acids is 2. The Hall–Kier alpha value is -1.40. The lowest BCUT2D eigenvalue weighted by Gasteiger charge is -2.53. The van der Waals surface area contributed by atoms with Crippen molar-refractivity contribution >= 4 is 23.4 Å². The van der Waals surface area contributed by atoms with Crippen LogP contribution in [-0.2, 0) is 9.59 Å². The predicted octanol–water partition coefficient (Wildman–Crippen LogP) is 1.52. The van der Waals surface area contributed by atoms with Gasteiger partial charge in [0.05, 0.1) is 30.8 Å². The molecular weight excluding hydrogens is 442 g/mol. The van der Waals surface area contributed by atoms with Crippen LogP contribution >= 0.6 is 11.6 Å². The van der Waals surface area contributed by atoms with E-state index in [1.807, 2.05) is 13.8 Å². The second-order valence-electron chi connectivity index (χ2n) is 10.6. The van der Waals surface area contributed by atoms with Gasteiger partial charge in [-0.15, -0.1) is 11.6 Å². The van der Waals surface area contributed by atoms with Crippen LogP contribution in [0.5, 0.6) is 0 Å². The van der Waals surface area contributed by atoms with Gasteiger partial charge in [0.2, 0.25) is 5.91 Å². The number of piperidine rings is 1. The molecule has 4 unspecified atom stereocenters. The van der Waals surface area contributed by atoms with Gasteiger partial charge in [0, 0.05) is 31.1 Å². The zero-order valence-electron chi connectivity index (χ0n) is 19.9. The quantitative estimate of drug-likeness (QED) is 0.580. The third-order valence-corrected chi connectivity index (χ3v) is 8.81. The average Bonchev–Trinajstić information content (AvgIpc) is 3.25. The Bertz CT molecular complexity index is 773. The van der Waals surface area contributed by atoms with Crippen LogP contribution in [0.3, 0.4) is 0 Å². The van der Waals surface area contributed by atoms with Gasteiger partial charge in [-0.2, -0.15) is 5.26 Å². The van der Waals surface area contributed by atoms with Crippen molar-refractivity contribution in [3.63, 3.8) is 0 Å². The maximum absolute atomic E-state index is 14.0. The Balaban J connectivity index is 1.61. The normalized spacial score (nSPS) is 37.1. The third kappa shape index (κ3) is 4.62. The predicted molar refractivity (Wildman–Crippen MR) is 125 cm³/mol. The molecule has 3 aliphatic heterocycles. The number of carbonyl (C=O) groups is 2. The first-order valence-electron chi connectivity index (χ1n) is 12.6. The van der Waals surface area contributed by atoms with E-state index < -0.39 is 5.54 Å². The molecule has 184 valence electrons. The number of nitriles is 1. The molecule has 0 radical (unpaired) electrons. The highest BCUT2D eigenvalue weighted by Gasteiger charge is 2.59. The molecule has 8 nitrogen and oxygen atoms in total. The molecule has 4 fully saturated rings. The molecule has 4 atom stereocenters. The average molecular weight is 480 g/mol. The number of likely N-dealkylation sites (tertiary alicyclic amines) is 1. The Morgan fingerprint density at radius 2 is 1.94 bits per heavy atom. The summed E-state index contributed by atoms with van der Waals surface area (Å²) >= 11 is 6.33. The molecule has 4 aliphatic rings. The van der Waals surface area contributed by atoms with Crippen molar-refractivity contribution in [3.05, 3.63) is 0 Å². The number of nitrogens with zero attached hydrogens (tertiary/aromatic N) is 4. The smallest absolute Gasteiger partial charge is 0.250 e. The maximum Gasteiger partial charge on any atom is 0.250 e.